The normalized spacial score (nSPS) is 13.3. The molecule has 2 N–H and O–H groups in total. The van der Waals surface area contributed by atoms with Crippen LogP contribution in [-0.4, -0.2) is 29.1 Å². The average Bonchev–Trinajstić information content (AvgIpc) is 3.09. The number of hydrogen-bond donors (Lipinski definition) is 2. The van der Waals surface area contributed by atoms with Gasteiger partial charge in [-0.2, -0.15) is 4.98 Å². The fraction of sp³-hybridized carbons (Fsp3) is 0.462. The van der Waals surface area contributed by atoms with Crippen molar-refractivity contribution in [3.05, 3.63) is 35.9 Å². The monoisotopic (exact) mass is 314 g/mol. The molecule has 0 aliphatic carbocycles. The Morgan fingerprint density at radius 3 is 2.81 bits per heavy atom. The largest absolute Gasteiger partial charge is 0.459 e. The van der Waals surface area contributed by atoms with Gasteiger partial charge in [0.1, 0.15) is 6.04 Å². The van der Waals surface area contributed by atoms with Crippen molar-refractivity contribution in [3.8, 4) is 0 Å². The summed E-state index contributed by atoms with van der Waals surface area (Å²) in [4.78, 5) is 16.1. The molecule has 0 aliphatic heterocycles. The molecule has 1 amide bonds. The molecule has 2 rings (SSSR count). The highest BCUT2D eigenvalue weighted by atomic mass is 35.5. The maximum absolute atomic E-state index is 11.8. The van der Waals surface area contributed by atoms with E-state index in [1.54, 1.807) is 19.1 Å². The molecule has 2 heterocycles. The SMILES string of the molecule is CNC(C)Cc1noc(C(C)NC(=O)c2ccco2)n1.Cl. The van der Waals surface area contributed by atoms with Crippen molar-refractivity contribution >= 4 is 18.3 Å². The van der Waals surface area contributed by atoms with Gasteiger partial charge in [-0.05, 0) is 33.0 Å². The standard InChI is InChI=1S/C13H18N4O3.ClH/c1-8(14-3)7-11-16-13(20-17-11)9(2)15-12(18)10-5-4-6-19-10;/h4-6,8-9,14H,7H2,1-3H3,(H,15,18);1H. The third kappa shape index (κ3) is 4.57. The number of carbonyl (C=O) groups is 1. The van der Waals surface area contributed by atoms with E-state index in [1.807, 2.05) is 14.0 Å². The maximum Gasteiger partial charge on any atom is 0.287 e. The minimum Gasteiger partial charge on any atom is -0.459 e. The van der Waals surface area contributed by atoms with E-state index in [1.165, 1.54) is 6.26 Å². The maximum atomic E-state index is 11.8. The zero-order valence-corrected chi connectivity index (χ0v) is 12.9. The molecule has 0 radical (unpaired) electrons. The van der Waals surface area contributed by atoms with E-state index in [0.29, 0.717) is 18.1 Å². The lowest BCUT2D eigenvalue weighted by Crippen LogP contribution is -2.26. The number of furan rings is 1. The number of rotatable bonds is 6. The zero-order valence-electron chi connectivity index (χ0n) is 12.1. The Hall–Kier alpha value is -1.86. The molecular formula is C13H19ClN4O3. The number of amides is 1. The first-order chi connectivity index (χ1) is 9.60. The molecule has 21 heavy (non-hydrogen) atoms. The molecule has 0 saturated carbocycles. The van der Waals surface area contributed by atoms with Gasteiger partial charge in [-0.1, -0.05) is 5.16 Å². The van der Waals surface area contributed by atoms with E-state index in [0.717, 1.165) is 0 Å². The van der Waals surface area contributed by atoms with Gasteiger partial charge in [0.05, 0.1) is 6.26 Å². The van der Waals surface area contributed by atoms with Crippen molar-refractivity contribution in [2.45, 2.75) is 32.4 Å². The van der Waals surface area contributed by atoms with E-state index < -0.39 is 0 Å². The molecule has 116 valence electrons. The van der Waals surface area contributed by atoms with Gasteiger partial charge in [0, 0.05) is 12.5 Å². The summed E-state index contributed by atoms with van der Waals surface area (Å²) in [6.45, 7) is 3.80. The molecule has 7 nitrogen and oxygen atoms in total. The Bertz CT molecular complexity index is 556. The molecule has 0 fully saturated rings. The number of hydrogen-bond acceptors (Lipinski definition) is 6. The van der Waals surface area contributed by atoms with E-state index >= 15 is 0 Å². The van der Waals surface area contributed by atoms with E-state index in [2.05, 4.69) is 20.8 Å². The Balaban J connectivity index is 0.00000220. The van der Waals surface area contributed by atoms with Crippen molar-refractivity contribution < 1.29 is 13.7 Å². The Morgan fingerprint density at radius 1 is 1.43 bits per heavy atom. The topological polar surface area (TPSA) is 93.2 Å². The molecule has 2 aromatic heterocycles. The van der Waals surface area contributed by atoms with E-state index in [9.17, 15) is 4.79 Å². The summed E-state index contributed by atoms with van der Waals surface area (Å²) >= 11 is 0. The van der Waals surface area contributed by atoms with Crippen LogP contribution in [0, 0.1) is 0 Å². The molecular weight excluding hydrogens is 296 g/mol. The first-order valence-electron chi connectivity index (χ1n) is 6.44. The number of carbonyl (C=O) groups excluding carboxylic acids is 1. The van der Waals surface area contributed by atoms with Crippen LogP contribution in [0.15, 0.2) is 27.3 Å². The molecule has 8 heteroatoms. The van der Waals surface area contributed by atoms with Crippen LogP contribution in [-0.2, 0) is 6.42 Å². The predicted molar refractivity (Wildman–Crippen MR) is 78.4 cm³/mol. The van der Waals surface area contributed by atoms with Crippen LogP contribution in [0.4, 0.5) is 0 Å². The van der Waals surface area contributed by atoms with Crippen molar-refractivity contribution in [2.24, 2.45) is 0 Å². The highest BCUT2D eigenvalue weighted by Gasteiger charge is 2.19. The van der Waals surface area contributed by atoms with Gasteiger partial charge in [0.2, 0.25) is 5.89 Å². The molecule has 2 aromatic rings. The van der Waals surface area contributed by atoms with E-state index in [-0.39, 0.29) is 36.2 Å². The molecule has 2 atom stereocenters. The van der Waals surface area contributed by atoms with Crippen molar-refractivity contribution in [1.29, 1.82) is 0 Å². The highest BCUT2D eigenvalue weighted by molar-refractivity contribution is 5.91. The third-order valence-electron chi connectivity index (χ3n) is 2.93. The van der Waals surface area contributed by atoms with Crippen LogP contribution >= 0.6 is 12.4 Å². The lowest BCUT2D eigenvalue weighted by atomic mass is 10.2. The number of aromatic nitrogens is 2. The van der Waals surface area contributed by atoms with Gasteiger partial charge in [0.25, 0.3) is 5.91 Å². The summed E-state index contributed by atoms with van der Waals surface area (Å²) < 4.78 is 10.2. The molecule has 0 bridgehead atoms. The van der Waals surface area contributed by atoms with Gasteiger partial charge in [-0.3, -0.25) is 4.79 Å². The van der Waals surface area contributed by atoms with Gasteiger partial charge in [-0.15, -0.1) is 12.4 Å². The predicted octanol–water partition coefficient (Wildman–Crippen LogP) is 1.73. The quantitative estimate of drug-likeness (QED) is 0.843. The van der Waals surface area contributed by atoms with Gasteiger partial charge >= 0.3 is 0 Å². The smallest absolute Gasteiger partial charge is 0.287 e. The zero-order chi connectivity index (χ0) is 14.5. The van der Waals surface area contributed by atoms with Gasteiger partial charge in [-0.25, -0.2) is 0 Å². The molecule has 0 saturated heterocycles. The second-order valence-electron chi connectivity index (χ2n) is 4.62. The Morgan fingerprint density at radius 2 is 2.19 bits per heavy atom. The summed E-state index contributed by atoms with van der Waals surface area (Å²) in [5.74, 6) is 0.926. The lowest BCUT2D eigenvalue weighted by Gasteiger charge is -2.07. The second-order valence-corrected chi connectivity index (χ2v) is 4.62. The first kappa shape index (κ1) is 17.2. The fourth-order valence-electron chi connectivity index (χ4n) is 1.64. The van der Waals surface area contributed by atoms with E-state index in [4.69, 9.17) is 8.94 Å². The number of halogens is 1. The molecule has 0 spiro atoms. The first-order valence-corrected chi connectivity index (χ1v) is 6.44. The number of likely N-dealkylation sites (N-methyl/N-ethyl adjacent to an activating group) is 1. The van der Waals surface area contributed by atoms with Crippen LogP contribution in [0.2, 0.25) is 0 Å². The minimum absolute atomic E-state index is 0. The summed E-state index contributed by atoms with van der Waals surface area (Å²) in [6, 6.07) is 3.13. The summed E-state index contributed by atoms with van der Waals surface area (Å²) in [5.41, 5.74) is 0. The number of nitrogens with one attached hydrogen (secondary N) is 2. The van der Waals surface area contributed by atoms with Crippen molar-refractivity contribution in [1.82, 2.24) is 20.8 Å². The Labute approximate surface area is 128 Å². The van der Waals surface area contributed by atoms with Crippen LogP contribution in [0.25, 0.3) is 0 Å². The average molecular weight is 315 g/mol. The number of nitrogens with zero attached hydrogens (tertiary/aromatic N) is 2. The fourth-order valence-corrected chi connectivity index (χ4v) is 1.64. The van der Waals surface area contributed by atoms with Crippen LogP contribution < -0.4 is 10.6 Å². The Kier molecular flexibility index (Phi) is 6.39. The van der Waals surface area contributed by atoms with Crippen LogP contribution in [0.3, 0.4) is 0 Å². The lowest BCUT2D eigenvalue weighted by molar-refractivity contribution is 0.0904. The molecule has 0 aliphatic rings. The molecule has 0 aromatic carbocycles. The van der Waals surface area contributed by atoms with Crippen LogP contribution in [0.1, 0.15) is 42.2 Å². The highest BCUT2D eigenvalue weighted by Crippen LogP contribution is 2.12. The second kappa shape index (κ2) is 7.80. The van der Waals surface area contributed by atoms with Crippen molar-refractivity contribution in [3.63, 3.8) is 0 Å². The minimum atomic E-state index is -0.376. The third-order valence-corrected chi connectivity index (χ3v) is 2.93. The summed E-state index contributed by atoms with van der Waals surface area (Å²) in [6.07, 6.45) is 2.11. The summed E-state index contributed by atoms with van der Waals surface area (Å²) in [7, 11) is 1.87. The van der Waals surface area contributed by atoms with Crippen molar-refractivity contribution in [2.75, 3.05) is 7.05 Å². The molecule has 2 unspecified atom stereocenters. The van der Waals surface area contributed by atoms with Gasteiger partial charge < -0.3 is 19.6 Å². The van der Waals surface area contributed by atoms with Crippen LogP contribution in [0.5, 0.6) is 0 Å². The summed E-state index contributed by atoms with van der Waals surface area (Å²) in [5, 5.41) is 9.73. The van der Waals surface area contributed by atoms with Gasteiger partial charge in [0.15, 0.2) is 11.6 Å².